The van der Waals surface area contributed by atoms with Crippen LogP contribution in [0.3, 0.4) is 0 Å². The van der Waals surface area contributed by atoms with Crippen LogP contribution in [0.2, 0.25) is 5.02 Å². The maximum absolute atomic E-state index is 12.0. The molecule has 2 N–H and O–H groups in total. The van der Waals surface area contributed by atoms with E-state index in [1.165, 1.54) is 0 Å². The summed E-state index contributed by atoms with van der Waals surface area (Å²) >= 11 is 5.89. The van der Waals surface area contributed by atoms with Gasteiger partial charge in [0, 0.05) is 10.7 Å². The molecule has 0 aliphatic carbocycles. The highest BCUT2D eigenvalue weighted by atomic mass is 35.5. The van der Waals surface area contributed by atoms with E-state index in [-0.39, 0.29) is 11.8 Å². The van der Waals surface area contributed by atoms with Gasteiger partial charge in [0.05, 0.1) is 6.61 Å². The second kappa shape index (κ2) is 7.88. The van der Waals surface area contributed by atoms with E-state index in [1.807, 2.05) is 26.8 Å². The molecule has 0 aliphatic heterocycles. The van der Waals surface area contributed by atoms with Crippen LogP contribution < -0.4 is 10.6 Å². The third-order valence-electron chi connectivity index (χ3n) is 2.73. The van der Waals surface area contributed by atoms with Gasteiger partial charge in [0.15, 0.2) is 0 Å². The Balaban J connectivity index is 2.54. The van der Waals surface area contributed by atoms with E-state index in [0.29, 0.717) is 17.3 Å². The maximum atomic E-state index is 12.0. The van der Waals surface area contributed by atoms with Gasteiger partial charge in [-0.25, -0.2) is 4.79 Å². The average Bonchev–Trinajstić information content (AvgIpc) is 2.40. The average molecular weight is 313 g/mol. The molecule has 0 aromatic heterocycles. The molecule has 0 bridgehead atoms. The molecule has 1 rings (SSSR count). The Kier molecular flexibility index (Phi) is 6.49. The van der Waals surface area contributed by atoms with Crippen molar-refractivity contribution < 1.29 is 14.3 Å². The lowest BCUT2D eigenvalue weighted by Crippen LogP contribution is -2.42. The van der Waals surface area contributed by atoms with Gasteiger partial charge in [0.2, 0.25) is 5.91 Å². The molecule has 1 atom stereocenters. The number of aryl methyl sites for hydroxylation is 1. The summed E-state index contributed by atoms with van der Waals surface area (Å²) in [7, 11) is 0. The number of hydrogen-bond donors (Lipinski definition) is 2. The summed E-state index contributed by atoms with van der Waals surface area (Å²) in [4.78, 5) is 23.5. The lowest BCUT2D eigenvalue weighted by atomic mass is 10.2. The Morgan fingerprint density at radius 2 is 1.95 bits per heavy atom. The van der Waals surface area contributed by atoms with E-state index in [4.69, 9.17) is 16.3 Å². The van der Waals surface area contributed by atoms with E-state index in [2.05, 4.69) is 10.6 Å². The number of carbonyl (C=O) groups is 2. The van der Waals surface area contributed by atoms with Gasteiger partial charge in [-0.3, -0.25) is 4.79 Å². The zero-order valence-corrected chi connectivity index (χ0v) is 13.5. The molecule has 0 saturated heterocycles. The van der Waals surface area contributed by atoms with Crippen molar-refractivity contribution >= 4 is 29.3 Å². The largest absolute Gasteiger partial charge is 0.449 e. The van der Waals surface area contributed by atoms with Crippen LogP contribution in [-0.2, 0) is 9.53 Å². The Labute approximate surface area is 130 Å². The maximum Gasteiger partial charge on any atom is 0.407 e. The molecule has 0 spiro atoms. The summed E-state index contributed by atoms with van der Waals surface area (Å²) < 4.78 is 4.97. The molecule has 2 amide bonds. The first-order valence-corrected chi connectivity index (χ1v) is 7.17. The van der Waals surface area contributed by atoms with Crippen LogP contribution in [0.5, 0.6) is 0 Å². The molecule has 1 aromatic rings. The quantitative estimate of drug-likeness (QED) is 0.876. The van der Waals surface area contributed by atoms with Gasteiger partial charge in [-0.1, -0.05) is 31.5 Å². The minimum Gasteiger partial charge on any atom is -0.449 e. The van der Waals surface area contributed by atoms with Gasteiger partial charge < -0.3 is 15.4 Å². The predicted molar refractivity (Wildman–Crippen MR) is 83.6 cm³/mol. The number of halogens is 1. The van der Waals surface area contributed by atoms with Crippen LogP contribution in [-0.4, -0.2) is 24.6 Å². The van der Waals surface area contributed by atoms with Gasteiger partial charge in [0.25, 0.3) is 0 Å². The fourth-order valence-electron chi connectivity index (χ4n) is 1.50. The highest BCUT2D eigenvalue weighted by molar-refractivity contribution is 6.31. The number of amides is 2. The van der Waals surface area contributed by atoms with Crippen LogP contribution in [0.25, 0.3) is 0 Å². The second-order valence-electron chi connectivity index (χ2n) is 5.31. The number of rotatable bonds is 5. The first kappa shape index (κ1) is 17.3. The molecular weight excluding hydrogens is 292 g/mol. The number of nitrogens with one attached hydrogen (secondary N) is 2. The highest BCUT2D eigenvalue weighted by Crippen LogP contribution is 2.20. The molecule has 0 radical (unpaired) electrons. The van der Waals surface area contributed by atoms with Crippen molar-refractivity contribution in [3.05, 3.63) is 28.8 Å². The number of hydrogen-bond acceptors (Lipinski definition) is 3. The minimum absolute atomic E-state index is 0.244. The molecule has 21 heavy (non-hydrogen) atoms. The van der Waals surface area contributed by atoms with Crippen molar-refractivity contribution in [2.75, 3.05) is 11.9 Å². The summed E-state index contributed by atoms with van der Waals surface area (Å²) in [5.41, 5.74) is 1.51. The van der Waals surface area contributed by atoms with E-state index >= 15 is 0 Å². The minimum atomic E-state index is -0.706. The third kappa shape index (κ3) is 6.04. The van der Waals surface area contributed by atoms with E-state index in [0.717, 1.165) is 5.56 Å². The summed E-state index contributed by atoms with van der Waals surface area (Å²) in [6.07, 6.45) is -0.603. The molecule has 0 fully saturated rings. The van der Waals surface area contributed by atoms with Gasteiger partial charge in [-0.2, -0.15) is 0 Å². The first-order chi connectivity index (χ1) is 9.79. The Morgan fingerprint density at radius 1 is 1.29 bits per heavy atom. The zero-order valence-electron chi connectivity index (χ0n) is 12.7. The fraction of sp³-hybridized carbons (Fsp3) is 0.467. The van der Waals surface area contributed by atoms with Crippen LogP contribution in [0.4, 0.5) is 10.5 Å². The predicted octanol–water partition coefficient (Wildman–Crippen LogP) is 3.36. The molecule has 6 heteroatoms. The van der Waals surface area contributed by atoms with E-state index in [9.17, 15) is 9.59 Å². The van der Waals surface area contributed by atoms with Crippen molar-refractivity contribution in [3.63, 3.8) is 0 Å². The van der Waals surface area contributed by atoms with Gasteiger partial charge in [-0.15, -0.1) is 0 Å². The van der Waals surface area contributed by atoms with Crippen molar-refractivity contribution in [2.45, 2.75) is 33.7 Å². The number of carbonyl (C=O) groups excluding carboxylic acids is 2. The monoisotopic (exact) mass is 312 g/mol. The molecule has 116 valence electrons. The van der Waals surface area contributed by atoms with Crippen molar-refractivity contribution in [1.29, 1.82) is 0 Å². The summed E-state index contributed by atoms with van der Waals surface area (Å²) in [6, 6.07) is 4.52. The van der Waals surface area contributed by atoms with Crippen LogP contribution in [0, 0.1) is 12.8 Å². The molecule has 5 nitrogen and oxygen atoms in total. The Hall–Kier alpha value is -1.75. The topological polar surface area (TPSA) is 67.4 Å². The van der Waals surface area contributed by atoms with Gasteiger partial charge in [-0.05, 0) is 37.5 Å². The van der Waals surface area contributed by atoms with Crippen LogP contribution in [0.15, 0.2) is 18.2 Å². The molecular formula is C15H21ClN2O3. The summed E-state index contributed by atoms with van der Waals surface area (Å²) in [5.74, 6) is -0.0872. The van der Waals surface area contributed by atoms with Crippen molar-refractivity contribution in [2.24, 2.45) is 5.92 Å². The van der Waals surface area contributed by atoms with Gasteiger partial charge >= 0.3 is 6.09 Å². The van der Waals surface area contributed by atoms with Crippen molar-refractivity contribution in [1.82, 2.24) is 5.32 Å². The molecule has 1 aromatic carbocycles. The Morgan fingerprint density at radius 3 is 2.57 bits per heavy atom. The molecule has 0 heterocycles. The highest BCUT2D eigenvalue weighted by Gasteiger charge is 2.17. The standard InChI is InChI=1S/C15H21ClN2O3/c1-9(2)8-21-15(20)17-11(4)14(19)18-13-7-12(16)6-5-10(13)3/h5-7,9,11H,8H2,1-4H3,(H,17,20)(H,18,19). The third-order valence-corrected chi connectivity index (χ3v) is 2.97. The van der Waals surface area contributed by atoms with E-state index < -0.39 is 12.1 Å². The molecule has 0 saturated carbocycles. The summed E-state index contributed by atoms with van der Waals surface area (Å²) in [5, 5.41) is 5.75. The van der Waals surface area contributed by atoms with Gasteiger partial charge in [0.1, 0.15) is 6.04 Å². The lowest BCUT2D eigenvalue weighted by Gasteiger charge is -2.16. The van der Waals surface area contributed by atoms with Crippen LogP contribution in [0.1, 0.15) is 26.3 Å². The lowest BCUT2D eigenvalue weighted by molar-refractivity contribution is -0.117. The fourth-order valence-corrected chi connectivity index (χ4v) is 1.67. The SMILES string of the molecule is Cc1ccc(Cl)cc1NC(=O)C(C)NC(=O)OCC(C)C. The van der Waals surface area contributed by atoms with Crippen LogP contribution >= 0.6 is 11.6 Å². The number of alkyl carbamates (subject to hydrolysis) is 1. The van der Waals surface area contributed by atoms with E-state index in [1.54, 1.807) is 19.1 Å². The molecule has 1 unspecified atom stereocenters. The normalized spacial score (nSPS) is 11.9. The second-order valence-corrected chi connectivity index (χ2v) is 5.74. The first-order valence-electron chi connectivity index (χ1n) is 6.80. The number of anilines is 1. The Bertz CT molecular complexity index is 518. The number of ether oxygens (including phenoxy) is 1. The number of benzene rings is 1. The zero-order chi connectivity index (χ0) is 16.0. The van der Waals surface area contributed by atoms with Crippen molar-refractivity contribution in [3.8, 4) is 0 Å². The molecule has 0 aliphatic rings. The summed E-state index contributed by atoms with van der Waals surface area (Å²) in [6.45, 7) is 7.64. The smallest absolute Gasteiger partial charge is 0.407 e.